The van der Waals surface area contributed by atoms with Crippen molar-refractivity contribution in [3.05, 3.63) is 22.2 Å². The summed E-state index contributed by atoms with van der Waals surface area (Å²) in [4.78, 5) is 4.54. The highest BCUT2D eigenvalue weighted by molar-refractivity contribution is 7.10. The Morgan fingerprint density at radius 2 is 1.84 bits per heavy atom. The zero-order valence-corrected chi connectivity index (χ0v) is 12.1. The molecule has 0 radical (unpaired) electrons. The van der Waals surface area contributed by atoms with Crippen molar-refractivity contribution in [1.29, 1.82) is 0 Å². The molecule has 2 nitrogen and oxygen atoms in total. The van der Waals surface area contributed by atoms with Crippen LogP contribution in [0.4, 0.5) is 0 Å². The van der Waals surface area contributed by atoms with Gasteiger partial charge in [-0.3, -0.25) is 0 Å². The van der Waals surface area contributed by atoms with Crippen LogP contribution in [0.5, 0.6) is 0 Å². The zero-order valence-electron chi connectivity index (χ0n) is 11.3. The predicted molar refractivity (Wildman–Crippen MR) is 79.6 cm³/mol. The fourth-order valence-electron chi connectivity index (χ4n) is 4.97. The van der Waals surface area contributed by atoms with E-state index in [1.54, 1.807) is 11.3 Å². The summed E-state index contributed by atoms with van der Waals surface area (Å²) in [5, 5.41) is 3.21. The van der Waals surface area contributed by atoms with Crippen molar-refractivity contribution in [1.82, 2.24) is 4.98 Å². The van der Waals surface area contributed by atoms with Crippen LogP contribution in [-0.2, 0) is 6.54 Å². The molecule has 0 aliphatic heterocycles. The average molecular weight is 274 g/mol. The van der Waals surface area contributed by atoms with E-state index in [2.05, 4.69) is 22.5 Å². The largest absolute Gasteiger partial charge is 0.325 e. The highest BCUT2D eigenvalue weighted by atomic mass is 32.1. The van der Waals surface area contributed by atoms with Crippen molar-refractivity contribution in [2.24, 2.45) is 35.3 Å². The molecule has 4 aliphatic rings. The first-order chi connectivity index (χ1) is 9.31. The number of hydrogen-bond acceptors (Lipinski definition) is 3. The smallest absolute Gasteiger partial charge is 0.116 e. The first-order valence-corrected chi connectivity index (χ1v) is 8.52. The van der Waals surface area contributed by atoms with Crippen molar-refractivity contribution >= 4 is 17.4 Å². The summed E-state index contributed by atoms with van der Waals surface area (Å²) in [7, 11) is 0. The van der Waals surface area contributed by atoms with Gasteiger partial charge in [0.25, 0.3) is 0 Å². The van der Waals surface area contributed by atoms with Crippen LogP contribution in [0.25, 0.3) is 6.08 Å². The summed E-state index contributed by atoms with van der Waals surface area (Å²) in [5.74, 6) is 4.91. The summed E-state index contributed by atoms with van der Waals surface area (Å²) in [6, 6.07) is 0. The maximum atomic E-state index is 5.62. The third-order valence-electron chi connectivity index (χ3n) is 5.54. The van der Waals surface area contributed by atoms with Gasteiger partial charge in [-0.05, 0) is 67.8 Å². The Morgan fingerprint density at radius 1 is 1.16 bits per heavy atom. The topological polar surface area (TPSA) is 38.9 Å². The van der Waals surface area contributed by atoms with E-state index in [-0.39, 0.29) is 0 Å². The van der Waals surface area contributed by atoms with Crippen molar-refractivity contribution in [3.8, 4) is 0 Å². The molecular formula is C16H22N2S. The number of allylic oxidation sites excluding steroid dienone is 1. The predicted octanol–water partition coefficient (Wildman–Crippen LogP) is 3.69. The Kier molecular flexibility index (Phi) is 3.00. The number of nitrogens with zero attached hydrogens (tertiary/aromatic N) is 1. The van der Waals surface area contributed by atoms with Crippen molar-refractivity contribution < 1.29 is 0 Å². The van der Waals surface area contributed by atoms with Crippen LogP contribution in [0.2, 0.25) is 0 Å². The van der Waals surface area contributed by atoms with Crippen LogP contribution in [-0.4, -0.2) is 4.98 Å². The number of hydrogen-bond donors (Lipinski definition) is 1. The minimum Gasteiger partial charge on any atom is -0.325 e. The van der Waals surface area contributed by atoms with E-state index in [0.29, 0.717) is 6.54 Å². The molecule has 0 aromatic carbocycles. The van der Waals surface area contributed by atoms with Crippen molar-refractivity contribution in [2.75, 3.05) is 0 Å². The fourth-order valence-corrected chi connectivity index (χ4v) is 5.70. The van der Waals surface area contributed by atoms with E-state index < -0.39 is 0 Å². The van der Waals surface area contributed by atoms with Gasteiger partial charge in [0, 0.05) is 11.9 Å². The molecule has 1 aromatic rings. The lowest BCUT2D eigenvalue weighted by molar-refractivity contribution is -0.0158. The van der Waals surface area contributed by atoms with Gasteiger partial charge in [-0.15, -0.1) is 11.3 Å². The molecular weight excluding hydrogens is 252 g/mol. The molecule has 4 saturated carbocycles. The summed E-state index contributed by atoms with van der Waals surface area (Å²) in [6.45, 7) is 0.558. The van der Waals surface area contributed by atoms with Gasteiger partial charge in [0.15, 0.2) is 0 Å². The van der Waals surface area contributed by atoms with Gasteiger partial charge in [0.2, 0.25) is 0 Å². The molecule has 4 bridgehead atoms. The summed E-state index contributed by atoms with van der Waals surface area (Å²) < 4.78 is 0. The quantitative estimate of drug-likeness (QED) is 0.913. The molecule has 0 amide bonds. The second kappa shape index (κ2) is 4.71. The van der Waals surface area contributed by atoms with Crippen LogP contribution < -0.4 is 5.73 Å². The number of thiazole rings is 1. The molecule has 3 heteroatoms. The molecule has 1 aromatic heterocycles. The molecule has 4 aliphatic carbocycles. The first-order valence-electron chi connectivity index (χ1n) is 7.64. The van der Waals surface area contributed by atoms with Gasteiger partial charge >= 0.3 is 0 Å². The lowest BCUT2D eigenvalue weighted by Crippen LogP contribution is -2.44. The van der Waals surface area contributed by atoms with E-state index in [1.165, 1.54) is 32.1 Å². The standard InChI is InChI=1S/C16H22N2S/c17-8-14-9-19-16(18-14)2-1-15-12-4-10-3-11(6-12)7-13(15)5-10/h1-2,9-13,15H,3-8,17H2/b2-1+. The Labute approximate surface area is 119 Å². The minimum absolute atomic E-state index is 0.558. The van der Waals surface area contributed by atoms with Crippen molar-refractivity contribution in [3.63, 3.8) is 0 Å². The fraction of sp³-hybridized carbons (Fsp3) is 0.688. The lowest BCUT2D eigenvalue weighted by atomic mass is 9.52. The SMILES string of the molecule is NCc1csc(/C=C/C2C3CC4CC(C3)CC2C4)n1. The summed E-state index contributed by atoms with van der Waals surface area (Å²) >= 11 is 1.72. The van der Waals surface area contributed by atoms with Crippen LogP contribution in [0.15, 0.2) is 11.5 Å². The molecule has 102 valence electrons. The monoisotopic (exact) mass is 274 g/mol. The van der Waals surface area contributed by atoms with Crippen LogP contribution in [0, 0.1) is 29.6 Å². The molecule has 0 spiro atoms. The molecule has 5 rings (SSSR count). The van der Waals surface area contributed by atoms with Crippen LogP contribution >= 0.6 is 11.3 Å². The van der Waals surface area contributed by atoms with E-state index in [1.807, 2.05) is 0 Å². The van der Waals surface area contributed by atoms with E-state index in [9.17, 15) is 0 Å². The summed E-state index contributed by atoms with van der Waals surface area (Å²) in [5.41, 5.74) is 6.64. The van der Waals surface area contributed by atoms with Gasteiger partial charge in [-0.2, -0.15) is 0 Å². The highest BCUT2D eigenvalue weighted by Crippen LogP contribution is 2.56. The van der Waals surface area contributed by atoms with Crippen LogP contribution in [0.3, 0.4) is 0 Å². The molecule has 19 heavy (non-hydrogen) atoms. The molecule has 2 N–H and O–H groups in total. The van der Waals surface area contributed by atoms with Gasteiger partial charge in [0.05, 0.1) is 5.69 Å². The van der Waals surface area contributed by atoms with E-state index >= 15 is 0 Å². The van der Waals surface area contributed by atoms with Gasteiger partial charge in [0.1, 0.15) is 5.01 Å². The number of nitrogens with two attached hydrogens (primary N) is 1. The molecule has 0 unspecified atom stereocenters. The van der Waals surface area contributed by atoms with Gasteiger partial charge in [-0.25, -0.2) is 4.98 Å². The lowest BCUT2D eigenvalue weighted by Gasteiger charge is -2.53. The molecule has 4 fully saturated rings. The maximum absolute atomic E-state index is 5.62. The number of aromatic nitrogens is 1. The molecule has 1 heterocycles. The number of rotatable bonds is 3. The van der Waals surface area contributed by atoms with Crippen LogP contribution in [0.1, 0.15) is 42.8 Å². The zero-order chi connectivity index (χ0) is 12.8. The minimum atomic E-state index is 0.558. The normalized spacial score (nSPS) is 40.4. The Morgan fingerprint density at radius 3 is 2.42 bits per heavy atom. The third-order valence-corrected chi connectivity index (χ3v) is 6.40. The second-order valence-electron chi connectivity index (χ2n) is 6.75. The Bertz CT molecular complexity index is 463. The van der Waals surface area contributed by atoms with Crippen molar-refractivity contribution in [2.45, 2.75) is 38.6 Å². The third kappa shape index (κ3) is 2.17. The molecule has 0 atom stereocenters. The Balaban J connectivity index is 1.50. The van der Waals surface area contributed by atoms with Gasteiger partial charge < -0.3 is 5.73 Å². The maximum Gasteiger partial charge on any atom is 0.116 e. The Hall–Kier alpha value is -0.670. The highest BCUT2D eigenvalue weighted by Gasteiger charge is 2.46. The average Bonchev–Trinajstić information content (AvgIpc) is 2.85. The van der Waals surface area contributed by atoms with E-state index in [0.717, 1.165) is 40.3 Å². The van der Waals surface area contributed by atoms with E-state index in [4.69, 9.17) is 5.73 Å². The second-order valence-corrected chi connectivity index (χ2v) is 7.64. The van der Waals surface area contributed by atoms with Gasteiger partial charge in [-0.1, -0.05) is 6.08 Å². The first kappa shape index (κ1) is 12.1. The summed E-state index contributed by atoms with van der Waals surface area (Å²) in [6.07, 6.45) is 12.3. The molecule has 0 saturated heterocycles.